The first-order valence-corrected chi connectivity index (χ1v) is 6.76. The Bertz CT molecular complexity index is 886. The molecule has 0 spiro atoms. The maximum absolute atomic E-state index is 7.69. The molecule has 1 aliphatic carbocycles. The molecule has 1 heteroatoms. The van der Waals surface area contributed by atoms with E-state index in [1.54, 1.807) is 0 Å². The van der Waals surface area contributed by atoms with Crippen LogP contribution in [0.25, 0.3) is 26.7 Å². The summed E-state index contributed by atoms with van der Waals surface area (Å²) in [5.74, 6) is 0. The van der Waals surface area contributed by atoms with Crippen molar-refractivity contribution < 1.29 is 0 Å². The highest BCUT2D eigenvalue weighted by molar-refractivity contribution is 6.02. The van der Waals surface area contributed by atoms with Gasteiger partial charge in [-0.25, -0.2) is 6.57 Å². The molecule has 4 rings (SSSR count). The Balaban J connectivity index is 2.24. The van der Waals surface area contributed by atoms with Crippen molar-refractivity contribution in [3.8, 4) is 11.1 Å². The molecule has 20 heavy (non-hydrogen) atoms. The molecule has 0 fully saturated rings. The average molecular weight is 255 g/mol. The zero-order valence-corrected chi connectivity index (χ0v) is 11.2. The van der Waals surface area contributed by atoms with Gasteiger partial charge in [0.25, 0.3) is 5.54 Å². The number of nitrogens with zero attached hydrogens (tertiary/aromatic N) is 1. The summed E-state index contributed by atoms with van der Waals surface area (Å²) < 4.78 is 0. The van der Waals surface area contributed by atoms with Gasteiger partial charge in [0.05, 0.1) is 0 Å². The minimum Gasteiger partial charge on any atom is -0.300 e. The summed E-state index contributed by atoms with van der Waals surface area (Å²) >= 11 is 0. The molecule has 3 aromatic carbocycles. The van der Waals surface area contributed by atoms with Crippen molar-refractivity contribution in [2.75, 3.05) is 0 Å². The largest absolute Gasteiger partial charge is 0.300 e. The zero-order chi connectivity index (χ0) is 13.7. The van der Waals surface area contributed by atoms with Crippen molar-refractivity contribution >= 4 is 10.8 Å². The van der Waals surface area contributed by atoms with E-state index in [4.69, 9.17) is 6.57 Å². The molecule has 0 saturated heterocycles. The Kier molecular flexibility index (Phi) is 2.09. The fourth-order valence-electron chi connectivity index (χ4n) is 3.36. The van der Waals surface area contributed by atoms with E-state index in [-0.39, 0.29) is 0 Å². The molecule has 0 aromatic heterocycles. The van der Waals surface area contributed by atoms with Gasteiger partial charge in [-0.05, 0) is 28.5 Å². The van der Waals surface area contributed by atoms with Crippen LogP contribution in [0.2, 0.25) is 0 Å². The molecule has 1 atom stereocenters. The van der Waals surface area contributed by atoms with Crippen LogP contribution < -0.4 is 0 Å². The maximum Gasteiger partial charge on any atom is 0.281 e. The fourth-order valence-corrected chi connectivity index (χ4v) is 3.36. The molecule has 1 nitrogen and oxygen atoms in total. The molecular weight excluding hydrogens is 242 g/mol. The molecule has 3 aromatic rings. The number of hydrogen-bond acceptors (Lipinski definition) is 0. The molecular formula is C19H13N. The van der Waals surface area contributed by atoms with Crippen LogP contribution in [-0.4, -0.2) is 0 Å². The second-order valence-electron chi connectivity index (χ2n) is 5.44. The van der Waals surface area contributed by atoms with Crippen LogP contribution >= 0.6 is 0 Å². The van der Waals surface area contributed by atoms with Crippen molar-refractivity contribution in [2.45, 2.75) is 12.5 Å². The topological polar surface area (TPSA) is 4.36 Å². The average Bonchev–Trinajstić information content (AvgIpc) is 2.78. The highest BCUT2D eigenvalue weighted by Crippen LogP contribution is 2.51. The normalized spacial score (nSPS) is 19.4. The number of fused-ring (bicyclic) bond motifs is 5. The van der Waals surface area contributed by atoms with Crippen LogP contribution in [-0.2, 0) is 5.54 Å². The maximum atomic E-state index is 7.69. The highest BCUT2D eigenvalue weighted by atomic mass is 14.8. The van der Waals surface area contributed by atoms with Gasteiger partial charge in [-0.15, -0.1) is 0 Å². The number of hydrogen-bond donors (Lipinski definition) is 0. The summed E-state index contributed by atoms with van der Waals surface area (Å²) in [5.41, 5.74) is 4.14. The van der Waals surface area contributed by atoms with E-state index in [0.29, 0.717) is 0 Å². The molecule has 0 saturated carbocycles. The van der Waals surface area contributed by atoms with Crippen molar-refractivity contribution in [2.24, 2.45) is 0 Å². The Morgan fingerprint density at radius 1 is 0.850 bits per heavy atom. The molecule has 94 valence electrons. The quantitative estimate of drug-likeness (QED) is 0.498. The predicted molar refractivity (Wildman–Crippen MR) is 82.4 cm³/mol. The van der Waals surface area contributed by atoms with Crippen molar-refractivity contribution in [1.29, 1.82) is 0 Å². The first-order valence-electron chi connectivity index (χ1n) is 6.76. The molecule has 0 radical (unpaired) electrons. The lowest BCUT2D eigenvalue weighted by Gasteiger charge is -2.13. The van der Waals surface area contributed by atoms with Gasteiger partial charge in [-0.2, -0.15) is 0 Å². The van der Waals surface area contributed by atoms with Gasteiger partial charge in [0, 0.05) is 23.6 Å². The van der Waals surface area contributed by atoms with Crippen molar-refractivity contribution in [3.05, 3.63) is 83.2 Å². The third-order valence-corrected chi connectivity index (χ3v) is 4.40. The molecule has 1 unspecified atom stereocenters. The third kappa shape index (κ3) is 1.21. The first-order chi connectivity index (χ1) is 9.75. The lowest BCUT2D eigenvalue weighted by atomic mass is 9.90. The van der Waals surface area contributed by atoms with Gasteiger partial charge in [0.1, 0.15) is 0 Å². The lowest BCUT2D eigenvalue weighted by molar-refractivity contribution is 0.741. The van der Waals surface area contributed by atoms with Gasteiger partial charge in [-0.1, -0.05) is 48.5 Å². The van der Waals surface area contributed by atoms with Crippen molar-refractivity contribution in [1.82, 2.24) is 0 Å². The van der Waals surface area contributed by atoms with Crippen LogP contribution in [0, 0.1) is 6.57 Å². The Labute approximate surface area is 118 Å². The summed E-state index contributed by atoms with van der Waals surface area (Å²) in [4.78, 5) is 3.96. The minimum absolute atomic E-state index is 0.560. The fraction of sp³-hybridized carbons (Fsp3) is 0.105. The molecule has 0 N–H and O–H groups in total. The van der Waals surface area contributed by atoms with E-state index in [1.807, 2.05) is 13.0 Å². The molecule has 0 heterocycles. The van der Waals surface area contributed by atoms with Gasteiger partial charge >= 0.3 is 0 Å². The summed E-state index contributed by atoms with van der Waals surface area (Å²) in [7, 11) is 0. The second-order valence-corrected chi connectivity index (χ2v) is 5.44. The van der Waals surface area contributed by atoms with Gasteiger partial charge in [0.2, 0.25) is 0 Å². The Morgan fingerprint density at radius 3 is 2.45 bits per heavy atom. The van der Waals surface area contributed by atoms with E-state index < -0.39 is 5.54 Å². The van der Waals surface area contributed by atoms with E-state index >= 15 is 0 Å². The zero-order valence-electron chi connectivity index (χ0n) is 11.2. The van der Waals surface area contributed by atoms with E-state index in [0.717, 1.165) is 11.1 Å². The monoisotopic (exact) mass is 255 g/mol. The molecule has 0 amide bonds. The Hall–Kier alpha value is -2.59. The molecule has 1 aliphatic rings. The van der Waals surface area contributed by atoms with Crippen LogP contribution in [0.4, 0.5) is 0 Å². The minimum atomic E-state index is -0.560. The summed E-state index contributed by atoms with van der Waals surface area (Å²) in [6, 6.07) is 21.0. The Morgan fingerprint density at radius 2 is 1.60 bits per heavy atom. The van der Waals surface area contributed by atoms with Crippen molar-refractivity contribution in [3.63, 3.8) is 0 Å². The van der Waals surface area contributed by atoms with E-state index in [2.05, 4.69) is 59.4 Å². The van der Waals surface area contributed by atoms with Gasteiger partial charge < -0.3 is 4.85 Å². The number of benzene rings is 3. The molecule has 0 aliphatic heterocycles. The van der Waals surface area contributed by atoms with E-state index in [9.17, 15) is 0 Å². The van der Waals surface area contributed by atoms with E-state index in [1.165, 1.54) is 21.9 Å². The second kappa shape index (κ2) is 3.71. The number of rotatable bonds is 0. The molecule has 0 bridgehead atoms. The van der Waals surface area contributed by atoms with Gasteiger partial charge in [0.15, 0.2) is 0 Å². The smallest absolute Gasteiger partial charge is 0.281 e. The third-order valence-electron chi connectivity index (χ3n) is 4.40. The standard InChI is InChI=1S/C19H13N/c1-19(20-2)16-10-6-5-9-15(16)18-14-8-4-3-7-13(14)11-12-17(18)19/h3-12H,1H3. The lowest BCUT2D eigenvalue weighted by Crippen LogP contribution is -2.14. The predicted octanol–water partition coefficient (Wildman–Crippen LogP) is 5.00. The highest BCUT2D eigenvalue weighted by Gasteiger charge is 2.45. The van der Waals surface area contributed by atoms with Crippen LogP contribution in [0.3, 0.4) is 0 Å². The van der Waals surface area contributed by atoms with Crippen LogP contribution in [0.1, 0.15) is 18.1 Å². The van der Waals surface area contributed by atoms with Crippen LogP contribution in [0.5, 0.6) is 0 Å². The van der Waals surface area contributed by atoms with Crippen LogP contribution in [0.15, 0.2) is 60.7 Å². The first kappa shape index (κ1) is 11.3. The van der Waals surface area contributed by atoms with Gasteiger partial charge in [-0.3, -0.25) is 0 Å². The summed E-state index contributed by atoms with van der Waals surface area (Å²) in [6.07, 6.45) is 0. The summed E-state index contributed by atoms with van der Waals surface area (Å²) in [6.45, 7) is 9.72. The SMILES string of the molecule is [C-]#[N+]C1(C)c2ccccc2-c2c1ccc1ccccc21. The summed E-state index contributed by atoms with van der Waals surface area (Å²) in [5, 5.41) is 2.47.